The molecule has 2 heterocycles. The second-order valence-corrected chi connectivity index (χ2v) is 10.9. The molecule has 0 bridgehead atoms. The van der Waals surface area contributed by atoms with E-state index in [1.807, 2.05) is 31.2 Å². The van der Waals surface area contributed by atoms with E-state index >= 15 is 0 Å². The van der Waals surface area contributed by atoms with E-state index in [-0.39, 0.29) is 35.7 Å². The van der Waals surface area contributed by atoms with Crippen molar-refractivity contribution in [3.8, 4) is 0 Å². The highest BCUT2D eigenvalue weighted by molar-refractivity contribution is 5.92. The molecule has 0 radical (unpaired) electrons. The molecule has 224 valence electrons. The number of aliphatic hydroxyl groups excluding tert-OH is 1. The maximum absolute atomic E-state index is 13.5. The molecule has 5 rings (SSSR count). The van der Waals surface area contributed by atoms with E-state index in [4.69, 9.17) is 4.74 Å². The van der Waals surface area contributed by atoms with Gasteiger partial charge in [0.25, 0.3) is 5.91 Å². The van der Waals surface area contributed by atoms with Crippen molar-refractivity contribution >= 4 is 5.91 Å². The van der Waals surface area contributed by atoms with Gasteiger partial charge >= 0.3 is 12.4 Å². The third-order valence-electron chi connectivity index (χ3n) is 8.36. The van der Waals surface area contributed by atoms with Crippen molar-refractivity contribution in [3.05, 3.63) is 94.6 Å². The van der Waals surface area contributed by atoms with Gasteiger partial charge in [-0.05, 0) is 67.5 Å². The standard InChI is InChI=1S/C30H29F6N3O3/c1-16-5-3-4-6-21(16)26-23-15-39(28(41)24-14-37-9-10-38-24)27(40)22(23)7-8-25(26)42-17(2)18-11-19(29(31,32)33)13-20(12-18)30(34,35)36/h3-6,9-14,17,22-23,25-27,40H,7-8,15H2,1-2H3/t17-,22+,23-,25+,26+,27?/m1/s1. The summed E-state index contributed by atoms with van der Waals surface area (Å²) < 4.78 is 87.4. The summed E-state index contributed by atoms with van der Waals surface area (Å²) in [7, 11) is 0. The van der Waals surface area contributed by atoms with Crippen LogP contribution in [0.1, 0.15) is 70.1 Å². The van der Waals surface area contributed by atoms with Crippen molar-refractivity contribution in [1.82, 2.24) is 14.9 Å². The molecule has 0 spiro atoms. The van der Waals surface area contributed by atoms with E-state index in [0.29, 0.717) is 25.0 Å². The molecule has 1 aromatic heterocycles. The molecule has 1 amide bonds. The summed E-state index contributed by atoms with van der Waals surface area (Å²) in [5.74, 6) is -1.49. The van der Waals surface area contributed by atoms with Crippen LogP contribution in [-0.2, 0) is 17.1 Å². The summed E-state index contributed by atoms with van der Waals surface area (Å²) in [6, 6.07) is 8.96. The van der Waals surface area contributed by atoms with Gasteiger partial charge in [0.05, 0.1) is 29.5 Å². The summed E-state index contributed by atoms with van der Waals surface area (Å²) in [4.78, 5) is 22.6. The largest absolute Gasteiger partial charge is 0.416 e. The first-order chi connectivity index (χ1) is 19.8. The van der Waals surface area contributed by atoms with Gasteiger partial charge in [-0.2, -0.15) is 26.3 Å². The predicted octanol–water partition coefficient (Wildman–Crippen LogP) is 6.55. The fraction of sp³-hybridized carbons (Fsp3) is 0.433. The first-order valence-electron chi connectivity index (χ1n) is 13.5. The van der Waals surface area contributed by atoms with Crippen LogP contribution < -0.4 is 0 Å². The van der Waals surface area contributed by atoms with Crippen LogP contribution in [0.3, 0.4) is 0 Å². The summed E-state index contributed by atoms with van der Waals surface area (Å²) >= 11 is 0. The number of aliphatic hydroxyl groups is 1. The number of nitrogens with zero attached hydrogens (tertiary/aromatic N) is 3. The van der Waals surface area contributed by atoms with Gasteiger partial charge in [-0.25, -0.2) is 4.98 Å². The van der Waals surface area contributed by atoms with E-state index in [2.05, 4.69) is 9.97 Å². The van der Waals surface area contributed by atoms with Crippen molar-refractivity contribution in [1.29, 1.82) is 0 Å². The Balaban J connectivity index is 1.48. The van der Waals surface area contributed by atoms with E-state index in [1.54, 1.807) is 0 Å². The van der Waals surface area contributed by atoms with Gasteiger partial charge in [0.15, 0.2) is 0 Å². The summed E-state index contributed by atoms with van der Waals surface area (Å²) in [6.45, 7) is 3.50. The minimum atomic E-state index is -4.98. The van der Waals surface area contributed by atoms with Crippen LogP contribution in [0.25, 0.3) is 0 Å². The van der Waals surface area contributed by atoms with Crippen LogP contribution in [0, 0.1) is 18.8 Å². The van der Waals surface area contributed by atoms with E-state index in [9.17, 15) is 36.2 Å². The topological polar surface area (TPSA) is 75.6 Å². The number of benzene rings is 2. The van der Waals surface area contributed by atoms with Crippen LogP contribution in [-0.4, -0.2) is 44.8 Å². The number of hydrogen-bond acceptors (Lipinski definition) is 5. The van der Waals surface area contributed by atoms with Crippen LogP contribution in [0.4, 0.5) is 26.3 Å². The highest BCUT2D eigenvalue weighted by Crippen LogP contribution is 2.50. The molecule has 6 nitrogen and oxygen atoms in total. The number of amides is 1. The molecule has 1 unspecified atom stereocenters. The van der Waals surface area contributed by atoms with Gasteiger partial charge in [-0.3, -0.25) is 9.78 Å². The molecule has 2 aliphatic rings. The average molecular weight is 594 g/mol. The highest BCUT2D eigenvalue weighted by Gasteiger charge is 2.52. The molecule has 42 heavy (non-hydrogen) atoms. The van der Waals surface area contributed by atoms with Crippen LogP contribution >= 0.6 is 0 Å². The monoisotopic (exact) mass is 593 g/mol. The summed E-state index contributed by atoms with van der Waals surface area (Å²) in [5.41, 5.74) is -1.18. The number of likely N-dealkylation sites (tertiary alicyclic amines) is 1. The molecule has 2 aromatic carbocycles. The molecule has 1 aliphatic heterocycles. The van der Waals surface area contributed by atoms with Gasteiger partial charge in [0.1, 0.15) is 11.9 Å². The molecular weight excluding hydrogens is 564 g/mol. The van der Waals surface area contributed by atoms with E-state index < -0.39 is 53.7 Å². The quantitative estimate of drug-likeness (QED) is 0.340. The zero-order valence-electron chi connectivity index (χ0n) is 22.7. The first kappa shape index (κ1) is 30.0. The number of carbonyl (C=O) groups is 1. The number of carbonyl (C=O) groups excluding carboxylic acids is 1. The Bertz CT molecular complexity index is 1400. The molecule has 1 aliphatic carbocycles. The SMILES string of the molecule is Cc1ccccc1[C@H]1[C@@H]2CN(C(=O)c3cnccn3)C(O)[C@H]2CC[C@@H]1O[C@H](C)c1cc(C(F)(F)F)cc(C(F)(F)F)c1. The van der Waals surface area contributed by atoms with Crippen molar-refractivity contribution in [3.63, 3.8) is 0 Å². The lowest BCUT2D eigenvalue weighted by Crippen LogP contribution is -2.40. The highest BCUT2D eigenvalue weighted by atomic mass is 19.4. The smallest absolute Gasteiger partial charge is 0.373 e. The van der Waals surface area contributed by atoms with E-state index in [0.717, 1.165) is 11.1 Å². The predicted molar refractivity (Wildman–Crippen MR) is 139 cm³/mol. The number of aryl methyl sites for hydroxylation is 1. The van der Waals surface area contributed by atoms with Gasteiger partial charge in [-0.15, -0.1) is 0 Å². The molecular formula is C30H29F6N3O3. The second kappa shape index (κ2) is 11.3. The van der Waals surface area contributed by atoms with Gasteiger partial charge < -0.3 is 14.7 Å². The maximum Gasteiger partial charge on any atom is 0.416 e. The number of ether oxygens (including phenoxy) is 1. The fourth-order valence-electron chi connectivity index (χ4n) is 6.34. The zero-order chi connectivity index (χ0) is 30.4. The molecule has 1 saturated carbocycles. The van der Waals surface area contributed by atoms with Crippen molar-refractivity contribution in [2.75, 3.05) is 6.54 Å². The number of aromatic nitrogens is 2. The van der Waals surface area contributed by atoms with Crippen LogP contribution in [0.2, 0.25) is 0 Å². The maximum atomic E-state index is 13.5. The van der Waals surface area contributed by atoms with Crippen LogP contribution in [0.5, 0.6) is 0 Å². The number of halogens is 6. The second-order valence-electron chi connectivity index (χ2n) is 10.9. The third-order valence-corrected chi connectivity index (χ3v) is 8.36. The Morgan fingerprint density at radius 3 is 2.26 bits per heavy atom. The lowest BCUT2D eigenvalue weighted by Gasteiger charge is -2.41. The minimum Gasteiger partial charge on any atom is -0.373 e. The molecule has 12 heteroatoms. The zero-order valence-corrected chi connectivity index (χ0v) is 22.7. The van der Waals surface area contributed by atoms with Crippen molar-refractivity contribution in [2.24, 2.45) is 11.8 Å². The molecule has 2 fully saturated rings. The summed E-state index contributed by atoms with van der Waals surface area (Å²) in [5, 5.41) is 11.2. The van der Waals surface area contributed by atoms with Crippen molar-refractivity contribution < 1.29 is 41.0 Å². The molecule has 1 N–H and O–H groups in total. The van der Waals surface area contributed by atoms with E-state index in [1.165, 1.54) is 30.4 Å². The minimum absolute atomic E-state index is 0.0778. The Morgan fingerprint density at radius 2 is 1.67 bits per heavy atom. The lowest BCUT2D eigenvalue weighted by molar-refractivity contribution is -0.143. The number of fused-ring (bicyclic) bond motifs is 1. The Hall–Kier alpha value is -3.51. The lowest BCUT2D eigenvalue weighted by atomic mass is 9.68. The Kier molecular flexibility index (Phi) is 8.06. The molecule has 1 saturated heterocycles. The van der Waals surface area contributed by atoms with Gasteiger partial charge in [0.2, 0.25) is 0 Å². The first-order valence-corrected chi connectivity index (χ1v) is 13.5. The summed E-state index contributed by atoms with van der Waals surface area (Å²) in [6.07, 6.45) is -7.84. The normalized spacial score (nSPS) is 25.3. The van der Waals surface area contributed by atoms with Crippen molar-refractivity contribution in [2.45, 2.75) is 63.4 Å². The Morgan fingerprint density at radius 1 is 1.00 bits per heavy atom. The van der Waals surface area contributed by atoms with Crippen LogP contribution in [0.15, 0.2) is 61.1 Å². The number of hydrogen-bond donors (Lipinski definition) is 1. The average Bonchev–Trinajstić information content (AvgIpc) is 3.28. The molecule has 3 aromatic rings. The molecule has 6 atom stereocenters. The third kappa shape index (κ3) is 5.87. The number of alkyl halides is 6. The number of rotatable bonds is 5. The van der Waals surface area contributed by atoms with Gasteiger partial charge in [-0.1, -0.05) is 24.3 Å². The fourth-order valence-corrected chi connectivity index (χ4v) is 6.34. The Labute approximate surface area is 238 Å². The van der Waals surface area contributed by atoms with Gasteiger partial charge in [0, 0.05) is 30.8 Å².